The van der Waals surface area contributed by atoms with E-state index in [1.165, 1.54) is 30.8 Å². The van der Waals surface area contributed by atoms with Crippen LogP contribution in [0.2, 0.25) is 0 Å². The molecule has 1 aromatic heterocycles. The minimum atomic E-state index is 0.0183. The molecule has 1 aromatic rings. The van der Waals surface area contributed by atoms with Gasteiger partial charge in [0.1, 0.15) is 0 Å². The Morgan fingerprint density at radius 3 is 3.00 bits per heavy atom. The largest absolute Gasteiger partial charge is 0.618 e. The molecular formula is C15H22N2O2S. The van der Waals surface area contributed by atoms with E-state index in [0.717, 1.165) is 11.2 Å². The molecule has 1 aliphatic rings. The number of hydrogen-bond acceptors (Lipinski definition) is 3. The molecule has 1 N–H and O–H groups in total. The van der Waals surface area contributed by atoms with Crippen molar-refractivity contribution < 1.29 is 9.52 Å². The third-order valence-corrected chi connectivity index (χ3v) is 5.21. The summed E-state index contributed by atoms with van der Waals surface area (Å²) in [6.07, 6.45) is 4.95. The second-order valence-corrected chi connectivity index (χ2v) is 6.59. The van der Waals surface area contributed by atoms with Gasteiger partial charge in [-0.05, 0) is 36.1 Å². The van der Waals surface area contributed by atoms with Gasteiger partial charge in [-0.15, -0.1) is 0 Å². The van der Waals surface area contributed by atoms with Crippen molar-refractivity contribution in [3.63, 3.8) is 0 Å². The Balaban J connectivity index is 1.82. The Kier molecular flexibility index (Phi) is 5.29. The summed E-state index contributed by atoms with van der Waals surface area (Å²) in [5.41, 5.74) is 0. The molecule has 1 heterocycles. The summed E-state index contributed by atoms with van der Waals surface area (Å²) >= 11 is 1.28. The zero-order valence-corrected chi connectivity index (χ0v) is 12.9. The minimum absolute atomic E-state index is 0.0183. The lowest BCUT2D eigenvalue weighted by Gasteiger charge is -2.34. The minimum Gasteiger partial charge on any atom is -0.618 e. The molecule has 2 rings (SSSR count). The molecule has 110 valence electrons. The van der Waals surface area contributed by atoms with Crippen molar-refractivity contribution in [3.8, 4) is 0 Å². The van der Waals surface area contributed by atoms with Gasteiger partial charge in [-0.3, -0.25) is 4.79 Å². The molecule has 5 heteroatoms. The molecule has 0 aromatic carbocycles. The first-order valence-electron chi connectivity index (χ1n) is 7.18. The van der Waals surface area contributed by atoms with E-state index in [2.05, 4.69) is 19.2 Å². The number of carbonyl (C=O) groups excluding carboxylic acids is 1. The zero-order chi connectivity index (χ0) is 14.5. The molecule has 0 unspecified atom stereocenters. The first-order valence-corrected chi connectivity index (χ1v) is 8.17. The van der Waals surface area contributed by atoms with Crippen molar-refractivity contribution in [3.05, 3.63) is 29.6 Å². The first kappa shape index (κ1) is 15.2. The quantitative estimate of drug-likeness (QED) is 0.527. The van der Waals surface area contributed by atoms with Crippen LogP contribution in [0.4, 0.5) is 0 Å². The van der Waals surface area contributed by atoms with E-state index in [-0.39, 0.29) is 11.9 Å². The van der Waals surface area contributed by atoms with Crippen molar-refractivity contribution in [1.29, 1.82) is 0 Å². The Morgan fingerprint density at radius 2 is 2.25 bits per heavy atom. The number of thioether (sulfide) groups is 1. The molecule has 1 fully saturated rings. The van der Waals surface area contributed by atoms with Crippen LogP contribution in [-0.2, 0) is 4.79 Å². The van der Waals surface area contributed by atoms with Crippen LogP contribution in [0.25, 0.3) is 0 Å². The van der Waals surface area contributed by atoms with Crippen LogP contribution in [0.15, 0.2) is 29.4 Å². The number of nitrogens with one attached hydrogen (secondary N) is 1. The molecular weight excluding hydrogens is 272 g/mol. The van der Waals surface area contributed by atoms with Crippen molar-refractivity contribution in [2.45, 2.75) is 44.2 Å². The molecule has 0 spiro atoms. The molecule has 0 aliphatic heterocycles. The predicted octanol–water partition coefficient (Wildman–Crippen LogP) is 2.35. The lowest BCUT2D eigenvalue weighted by molar-refractivity contribution is -0.645. The molecule has 20 heavy (non-hydrogen) atoms. The van der Waals surface area contributed by atoms with Crippen molar-refractivity contribution >= 4 is 17.7 Å². The number of hydrogen-bond donors (Lipinski definition) is 1. The van der Waals surface area contributed by atoms with Gasteiger partial charge in [0.25, 0.3) is 5.03 Å². The summed E-state index contributed by atoms with van der Waals surface area (Å²) in [6, 6.07) is 5.50. The highest BCUT2D eigenvalue weighted by Gasteiger charge is 2.28. The van der Waals surface area contributed by atoms with Gasteiger partial charge in [0.05, 0.1) is 5.75 Å². The molecule has 0 radical (unpaired) electrons. The third-order valence-electron chi connectivity index (χ3n) is 4.19. The Hall–Kier alpha value is -1.23. The summed E-state index contributed by atoms with van der Waals surface area (Å²) < 4.78 is 0.795. The second kappa shape index (κ2) is 6.97. The van der Waals surface area contributed by atoms with Crippen molar-refractivity contribution in [2.75, 3.05) is 5.75 Å². The Morgan fingerprint density at radius 1 is 1.45 bits per heavy atom. The smallest absolute Gasteiger partial charge is 0.251 e. The molecule has 1 amide bonds. The third kappa shape index (κ3) is 3.88. The maximum Gasteiger partial charge on any atom is 0.251 e. The van der Waals surface area contributed by atoms with Gasteiger partial charge >= 0.3 is 0 Å². The summed E-state index contributed by atoms with van der Waals surface area (Å²) in [6.45, 7) is 4.47. The lowest BCUT2D eigenvalue weighted by Crippen LogP contribution is -2.44. The summed E-state index contributed by atoms with van der Waals surface area (Å²) in [7, 11) is 0. The van der Waals surface area contributed by atoms with Gasteiger partial charge in [0.15, 0.2) is 6.20 Å². The van der Waals surface area contributed by atoms with Crippen LogP contribution in [0.1, 0.15) is 33.1 Å². The number of carbonyl (C=O) groups is 1. The molecule has 4 nitrogen and oxygen atoms in total. The summed E-state index contributed by atoms with van der Waals surface area (Å²) in [5, 5.41) is 15.2. The van der Waals surface area contributed by atoms with Gasteiger partial charge in [0, 0.05) is 18.2 Å². The highest BCUT2D eigenvalue weighted by atomic mass is 32.2. The maximum absolute atomic E-state index is 12.0. The van der Waals surface area contributed by atoms with Gasteiger partial charge in [-0.25, -0.2) is 0 Å². The van der Waals surface area contributed by atoms with Crippen LogP contribution in [-0.4, -0.2) is 17.7 Å². The van der Waals surface area contributed by atoms with E-state index in [1.807, 2.05) is 0 Å². The number of amides is 1. The molecule has 1 aliphatic carbocycles. The van der Waals surface area contributed by atoms with E-state index >= 15 is 0 Å². The van der Waals surface area contributed by atoms with Crippen LogP contribution < -0.4 is 10.0 Å². The van der Waals surface area contributed by atoms with Crippen LogP contribution in [0.3, 0.4) is 0 Å². The Labute approximate surface area is 124 Å². The summed E-state index contributed by atoms with van der Waals surface area (Å²) in [5.74, 6) is 1.51. The lowest BCUT2D eigenvalue weighted by atomic mass is 9.78. The maximum atomic E-state index is 12.0. The number of nitrogens with zero attached hydrogens (tertiary/aromatic N) is 1. The average molecular weight is 294 g/mol. The van der Waals surface area contributed by atoms with Gasteiger partial charge in [-0.2, -0.15) is 4.73 Å². The van der Waals surface area contributed by atoms with Crippen molar-refractivity contribution in [1.82, 2.24) is 5.32 Å². The number of aromatic nitrogens is 1. The fraction of sp³-hybridized carbons (Fsp3) is 0.600. The highest BCUT2D eigenvalue weighted by molar-refractivity contribution is 7.99. The number of pyridine rings is 1. The fourth-order valence-electron chi connectivity index (χ4n) is 2.70. The topological polar surface area (TPSA) is 56.0 Å². The summed E-state index contributed by atoms with van der Waals surface area (Å²) in [4.78, 5) is 12.0. The SMILES string of the molecule is C[C@H]1[C@H](C)CCC[C@H]1NC(=O)CSc1cccc[n+]1[O-]. The van der Waals surface area contributed by atoms with Crippen LogP contribution >= 0.6 is 11.8 Å². The predicted molar refractivity (Wildman–Crippen MR) is 80.2 cm³/mol. The second-order valence-electron chi connectivity index (χ2n) is 5.59. The zero-order valence-electron chi connectivity index (χ0n) is 12.0. The van der Waals surface area contributed by atoms with E-state index in [0.29, 0.717) is 22.6 Å². The van der Waals surface area contributed by atoms with Gasteiger partial charge in [-0.1, -0.05) is 26.7 Å². The standard InChI is InChI=1S/C15H22N2O2S/c1-11-6-5-7-13(12(11)2)16-14(18)10-20-15-8-3-4-9-17(15)19/h3-4,8-9,11-13H,5-7,10H2,1-2H3,(H,16,18)/t11-,12+,13-/m1/s1. The molecule has 0 saturated heterocycles. The van der Waals surface area contributed by atoms with Gasteiger partial charge in [0.2, 0.25) is 5.91 Å². The van der Waals surface area contributed by atoms with Crippen LogP contribution in [0, 0.1) is 17.0 Å². The van der Waals surface area contributed by atoms with E-state index in [9.17, 15) is 10.0 Å². The molecule has 0 bridgehead atoms. The highest BCUT2D eigenvalue weighted by Crippen LogP contribution is 2.29. The molecule has 1 saturated carbocycles. The first-order chi connectivity index (χ1) is 9.58. The Bertz CT molecular complexity index is 467. The van der Waals surface area contributed by atoms with Crippen molar-refractivity contribution in [2.24, 2.45) is 11.8 Å². The van der Waals surface area contributed by atoms with E-state index < -0.39 is 0 Å². The van der Waals surface area contributed by atoms with Gasteiger partial charge < -0.3 is 10.5 Å². The molecule has 3 atom stereocenters. The average Bonchev–Trinajstić information content (AvgIpc) is 2.43. The number of rotatable bonds is 4. The normalized spacial score (nSPS) is 26.2. The monoisotopic (exact) mass is 294 g/mol. The van der Waals surface area contributed by atoms with Crippen LogP contribution in [0.5, 0.6) is 0 Å². The fourth-order valence-corrected chi connectivity index (χ4v) is 3.42. The van der Waals surface area contributed by atoms with E-state index in [1.54, 1.807) is 18.2 Å². The van der Waals surface area contributed by atoms with E-state index in [4.69, 9.17) is 0 Å².